The van der Waals surface area contributed by atoms with Crippen LogP contribution in [0.4, 0.5) is 5.82 Å². The Labute approximate surface area is 125 Å². The molecule has 6 nitrogen and oxygen atoms in total. The number of anilines is 1. The molecule has 1 unspecified atom stereocenters. The van der Waals surface area contributed by atoms with Crippen LogP contribution in [-0.2, 0) is 9.53 Å². The maximum Gasteiger partial charge on any atom is 0.227 e. The lowest BCUT2D eigenvalue weighted by Gasteiger charge is -2.36. The van der Waals surface area contributed by atoms with Crippen molar-refractivity contribution in [2.75, 3.05) is 44.3 Å². The molecule has 114 valence electrons. The predicted octanol–water partition coefficient (Wildman–Crippen LogP) is 0.860. The van der Waals surface area contributed by atoms with E-state index in [-0.39, 0.29) is 11.8 Å². The van der Waals surface area contributed by atoms with Crippen molar-refractivity contribution in [3.8, 4) is 0 Å². The molecule has 2 aliphatic heterocycles. The Hall–Kier alpha value is -1.69. The van der Waals surface area contributed by atoms with Gasteiger partial charge in [-0.1, -0.05) is 0 Å². The first-order valence-electron chi connectivity index (χ1n) is 7.66. The Morgan fingerprint density at radius 1 is 1.24 bits per heavy atom. The first-order chi connectivity index (χ1) is 10.2. The Kier molecular flexibility index (Phi) is 4.34. The van der Waals surface area contributed by atoms with Crippen molar-refractivity contribution >= 4 is 11.7 Å². The van der Waals surface area contributed by atoms with Crippen molar-refractivity contribution in [1.29, 1.82) is 0 Å². The summed E-state index contributed by atoms with van der Waals surface area (Å²) in [6.45, 7) is 6.38. The van der Waals surface area contributed by atoms with Crippen LogP contribution < -0.4 is 4.90 Å². The van der Waals surface area contributed by atoms with E-state index in [9.17, 15) is 4.79 Å². The minimum absolute atomic E-state index is 0.0694. The zero-order chi connectivity index (χ0) is 14.7. The van der Waals surface area contributed by atoms with E-state index in [1.165, 1.54) is 0 Å². The van der Waals surface area contributed by atoms with Crippen LogP contribution in [0.3, 0.4) is 0 Å². The number of aromatic nitrogens is 2. The van der Waals surface area contributed by atoms with Gasteiger partial charge in [-0.3, -0.25) is 4.79 Å². The maximum absolute atomic E-state index is 12.6. The van der Waals surface area contributed by atoms with E-state index in [2.05, 4.69) is 15.1 Å². The van der Waals surface area contributed by atoms with Gasteiger partial charge in [-0.25, -0.2) is 0 Å². The fourth-order valence-corrected chi connectivity index (χ4v) is 2.99. The third-order valence-electron chi connectivity index (χ3n) is 4.20. The summed E-state index contributed by atoms with van der Waals surface area (Å²) in [5.74, 6) is 1.21. The van der Waals surface area contributed by atoms with E-state index in [1.807, 2.05) is 24.0 Å². The number of aryl methyl sites for hydroxylation is 1. The zero-order valence-electron chi connectivity index (χ0n) is 12.5. The molecule has 1 aromatic heterocycles. The van der Waals surface area contributed by atoms with Crippen molar-refractivity contribution in [1.82, 2.24) is 15.1 Å². The van der Waals surface area contributed by atoms with Crippen LogP contribution in [0.25, 0.3) is 0 Å². The SMILES string of the molecule is Cc1ccc(N2CCCC(C(=O)N3CCOCC3)C2)nn1. The molecular weight excluding hydrogens is 268 g/mol. The van der Waals surface area contributed by atoms with Crippen molar-refractivity contribution in [3.05, 3.63) is 17.8 Å². The van der Waals surface area contributed by atoms with Crippen molar-refractivity contribution in [3.63, 3.8) is 0 Å². The van der Waals surface area contributed by atoms with Gasteiger partial charge in [0.05, 0.1) is 24.8 Å². The van der Waals surface area contributed by atoms with Gasteiger partial charge >= 0.3 is 0 Å². The number of hydrogen-bond donors (Lipinski definition) is 0. The number of carbonyl (C=O) groups excluding carboxylic acids is 1. The second kappa shape index (κ2) is 6.39. The summed E-state index contributed by atoms with van der Waals surface area (Å²) in [6, 6.07) is 3.96. The first kappa shape index (κ1) is 14.3. The topological polar surface area (TPSA) is 58.6 Å². The third kappa shape index (κ3) is 3.32. The van der Waals surface area contributed by atoms with Gasteiger partial charge in [0.25, 0.3) is 0 Å². The Morgan fingerprint density at radius 2 is 2.05 bits per heavy atom. The lowest BCUT2D eigenvalue weighted by atomic mass is 9.96. The third-order valence-corrected chi connectivity index (χ3v) is 4.20. The van der Waals surface area contributed by atoms with E-state index in [4.69, 9.17) is 4.74 Å². The molecule has 0 aromatic carbocycles. The molecule has 2 fully saturated rings. The van der Waals surface area contributed by atoms with Crippen LogP contribution in [0.5, 0.6) is 0 Å². The van der Waals surface area contributed by atoms with Gasteiger partial charge < -0.3 is 14.5 Å². The fraction of sp³-hybridized carbons (Fsp3) is 0.667. The second-order valence-corrected chi connectivity index (χ2v) is 5.76. The molecule has 21 heavy (non-hydrogen) atoms. The Morgan fingerprint density at radius 3 is 2.76 bits per heavy atom. The van der Waals surface area contributed by atoms with Gasteiger partial charge in [0.15, 0.2) is 5.82 Å². The summed E-state index contributed by atoms with van der Waals surface area (Å²) >= 11 is 0. The summed E-state index contributed by atoms with van der Waals surface area (Å²) in [6.07, 6.45) is 1.99. The van der Waals surface area contributed by atoms with E-state index in [0.29, 0.717) is 13.2 Å². The molecular formula is C15H22N4O2. The highest BCUT2D eigenvalue weighted by atomic mass is 16.5. The summed E-state index contributed by atoms with van der Waals surface area (Å²) in [4.78, 5) is 16.7. The van der Waals surface area contributed by atoms with Gasteiger partial charge in [-0.05, 0) is 31.9 Å². The van der Waals surface area contributed by atoms with Gasteiger partial charge in [-0.15, -0.1) is 5.10 Å². The van der Waals surface area contributed by atoms with Gasteiger partial charge in [-0.2, -0.15) is 5.10 Å². The molecule has 6 heteroatoms. The average Bonchev–Trinajstić information content (AvgIpc) is 2.56. The zero-order valence-corrected chi connectivity index (χ0v) is 12.5. The fourth-order valence-electron chi connectivity index (χ4n) is 2.99. The van der Waals surface area contributed by atoms with Crippen molar-refractivity contribution < 1.29 is 9.53 Å². The number of morpholine rings is 1. The van der Waals surface area contributed by atoms with E-state index in [0.717, 1.165) is 50.5 Å². The monoisotopic (exact) mass is 290 g/mol. The molecule has 1 amide bonds. The summed E-state index contributed by atoms with van der Waals surface area (Å²) in [7, 11) is 0. The quantitative estimate of drug-likeness (QED) is 0.808. The number of hydrogen-bond acceptors (Lipinski definition) is 5. The lowest BCUT2D eigenvalue weighted by Crippen LogP contribution is -2.48. The van der Waals surface area contributed by atoms with Crippen molar-refractivity contribution in [2.45, 2.75) is 19.8 Å². The van der Waals surface area contributed by atoms with Crippen LogP contribution in [0, 0.1) is 12.8 Å². The van der Waals surface area contributed by atoms with E-state index in [1.54, 1.807) is 0 Å². The molecule has 0 spiro atoms. The van der Waals surface area contributed by atoms with E-state index >= 15 is 0 Å². The predicted molar refractivity (Wildman–Crippen MR) is 79.1 cm³/mol. The molecule has 2 saturated heterocycles. The largest absolute Gasteiger partial charge is 0.378 e. The van der Waals surface area contributed by atoms with E-state index < -0.39 is 0 Å². The number of piperidine rings is 1. The number of rotatable bonds is 2. The maximum atomic E-state index is 12.6. The summed E-state index contributed by atoms with van der Waals surface area (Å²) < 4.78 is 5.32. The Balaban J connectivity index is 1.64. The van der Waals surface area contributed by atoms with Crippen molar-refractivity contribution in [2.24, 2.45) is 5.92 Å². The minimum atomic E-state index is 0.0694. The number of nitrogens with zero attached hydrogens (tertiary/aromatic N) is 4. The molecule has 0 radical (unpaired) electrons. The molecule has 3 heterocycles. The van der Waals surface area contributed by atoms with Crippen LogP contribution in [-0.4, -0.2) is 60.4 Å². The normalized spacial score (nSPS) is 23.2. The highest BCUT2D eigenvalue weighted by molar-refractivity contribution is 5.79. The molecule has 1 atom stereocenters. The number of amides is 1. The highest BCUT2D eigenvalue weighted by Gasteiger charge is 2.30. The lowest BCUT2D eigenvalue weighted by molar-refractivity contribution is -0.139. The van der Waals surface area contributed by atoms with Gasteiger partial charge in [0.1, 0.15) is 0 Å². The Bertz CT molecular complexity index is 485. The molecule has 0 bridgehead atoms. The van der Waals surface area contributed by atoms with Gasteiger partial charge in [0, 0.05) is 26.2 Å². The average molecular weight is 290 g/mol. The number of carbonyl (C=O) groups is 1. The summed E-state index contributed by atoms with van der Waals surface area (Å²) in [5, 5.41) is 8.35. The second-order valence-electron chi connectivity index (χ2n) is 5.76. The summed E-state index contributed by atoms with van der Waals surface area (Å²) in [5.41, 5.74) is 0.914. The van der Waals surface area contributed by atoms with Gasteiger partial charge in [0.2, 0.25) is 5.91 Å². The number of ether oxygens (including phenoxy) is 1. The minimum Gasteiger partial charge on any atom is -0.378 e. The first-order valence-corrected chi connectivity index (χ1v) is 7.66. The molecule has 0 N–H and O–H groups in total. The van der Waals surface area contributed by atoms with Crippen LogP contribution >= 0.6 is 0 Å². The molecule has 1 aromatic rings. The standard InChI is InChI=1S/C15H22N4O2/c1-12-4-5-14(17-16-12)19-6-2-3-13(11-19)15(20)18-7-9-21-10-8-18/h4-5,13H,2-3,6-11H2,1H3. The highest BCUT2D eigenvalue weighted by Crippen LogP contribution is 2.23. The molecule has 0 saturated carbocycles. The molecule has 0 aliphatic carbocycles. The van der Waals surface area contributed by atoms with Crippen LogP contribution in [0.2, 0.25) is 0 Å². The smallest absolute Gasteiger partial charge is 0.227 e. The molecule has 2 aliphatic rings. The molecule has 3 rings (SSSR count). The van der Waals surface area contributed by atoms with Crippen LogP contribution in [0.1, 0.15) is 18.5 Å². The van der Waals surface area contributed by atoms with Crippen LogP contribution in [0.15, 0.2) is 12.1 Å².